The Labute approximate surface area is 110 Å². The van der Waals surface area contributed by atoms with Crippen molar-refractivity contribution in [3.63, 3.8) is 0 Å². The largest absolute Gasteiger partial charge is 0.390 e. The molecule has 18 heavy (non-hydrogen) atoms. The molecule has 0 fully saturated rings. The number of aliphatic hydroxyl groups excluding tert-OH is 1. The second kappa shape index (κ2) is 6.33. The third-order valence-corrected chi connectivity index (χ3v) is 3.99. The highest BCUT2D eigenvalue weighted by Gasteiger charge is 2.17. The first-order valence-electron chi connectivity index (χ1n) is 5.11. The Morgan fingerprint density at radius 1 is 1.50 bits per heavy atom. The van der Waals surface area contributed by atoms with Crippen LogP contribution in [0.1, 0.15) is 0 Å². The van der Waals surface area contributed by atoms with Crippen molar-refractivity contribution >= 4 is 27.3 Å². The number of halogens is 2. The van der Waals surface area contributed by atoms with Crippen LogP contribution in [-0.4, -0.2) is 39.1 Å². The molecule has 0 saturated heterocycles. The maximum Gasteiger partial charge on any atom is 0.243 e. The molecule has 0 aliphatic heterocycles. The molecule has 0 aromatic heterocycles. The SMILES string of the molecule is CNS(=O)(=O)c1cc(NCC(O)CCl)ccc1F. The van der Waals surface area contributed by atoms with Crippen LogP contribution in [0.5, 0.6) is 0 Å². The topological polar surface area (TPSA) is 78.4 Å². The molecule has 0 bridgehead atoms. The summed E-state index contributed by atoms with van der Waals surface area (Å²) in [7, 11) is -2.65. The first-order valence-corrected chi connectivity index (χ1v) is 7.13. The van der Waals surface area contributed by atoms with E-state index in [9.17, 15) is 17.9 Å². The summed E-state index contributed by atoms with van der Waals surface area (Å²) in [6.07, 6.45) is -0.763. The number of nitrogens with one attached hydrogen (secondary N) is 2. The van der Waals surface area contributed by atoms with Crippen molar-refractivity contribution < 1.29 is 17.9 Å². The predicted octanol–water partition coefficient (Wildman–Crippen LogP) is 0.745. The molecular formula is C10H14ClFN2O3S. The first kappa shape index (κ1) is 15.2. The van der Waals surface area contributed by atoms with Gasteiger partial charge in [-0.2, -0.15) is 0 Å². The number of aliphatic hydroxyl groups is 1. The molecule has 1 unspecified atom stereocenters. The molecule has 102 valence electrons. The number of sulfonamides is 1. The van der Waals surface area contributed by atoms with Crippen molar-refractivity contribution in [3.8, 4) is 0 Å². The Balaban J connectivity index is 2.95. The van der Waals surface area contributed by atoms with Gasteiger partial charge in [-0.3, -0.25) is 0 Å². The van der Waals surface area contributed by atoms with Crippen LogP contribution in [0.25, 0.3) is 0 Å². The standard InChI is InChI=1S/C10H14ClFN2O3S/c1-13-18(16,17)10-4-7(2-3-9(10)12)14-6-8(15)5-11/h2-4,8,13-15H,5-6H2,1H3. The lowest BCUT2D eigenvalue weighted by Crippen LogP contribution is -2.22. The van der Waals surface area contributed by atoms with Crippen LogP contribution in [0, 0.1) is 5.82 Å². The van der Waals surface area contributed by atoms with Crippen LogP contribution in [-0.2, 0) is 10.0 Å². The second-order valence-electron chi connectivity index (χ2n) is 3.54. The van der Waals surface area contributed by atoms with Gasteiger partial charge in [-0.05, 0) is 25.2 Å². The third-order valence-electron chi connectivity index (χ3n) is 2.21. The van der Waals surface area contributed by atoms with Crippen LogP contribution in [0.2, 0.25) is 0 Å². The average Bonchev–Trinajstić information content (AvgIpc) is 2.37. The highest BCUT2D eigenvalue weighted by Crippen LogP contribution is 2.19. The van der Waals surface area contributed by atoms with E-state index < -0.39 is 26.8 Å². The van der Waals surface area contributed by atoms with E-state index in [-0.39, 0.29) is 12.4 Å². The van der Waals surface area contributed by atoms with E-state index in [1.165, 1.54) is 13.1 Å². The smallest absolute Gasteiger partial charge is 0.243 e. The van der Waals surface area contributed by atoms with Crippen LogP contribution < -0.4 is 10.0 Å². The van der Waals surface area contributed by atoms with Crippen molar-refractivity contribution in [1.29, 1.82) is 0 Å². The first-order chi connectivity index (χ1) is 8.40. The van der Waals surface area contributed by atoms with E-state index in [1.54, 1.807) is 0 Å². The molecule has 0 amide bonds. The second-order valence-corrected chi connectivity index (χ2v) is 5.71. The number of hydrogen-bond acceptors (Lipinski definition) is 4. The molecule has 1 atom stereocenters. The van der Waals surface area contributed by atoms with Gasteiger partial charge < -0.3 is 10.4 Å². The molecule has 0 spiro atoms. The number of alkyl halides is 1. The van der Waals surface area contributed by atoms with E-state index in [1.807, 2.05) is 4.72 Å². The lowest BCUT2D eigenvalue weighted by atomic mass is 10.3. The Morgan fingerprint density at radius 3 is 2.72 bits per heavy atom. The molecule has 1 rings (SSSR count). The molecule has 5 nitrogen and oxygen atoms in total. The molecule has 0 heterocycles. The minimum atomic E-state index is -3.85. The molecule has 0 saturated carbocycles. The molecule has 1 aromatic rings. The van der Waals surface area contributed by atoms with Crippen molar-refractivity contribution in [2.45, 2.75) is 11.0 Å². The van der Waals surface area contributed by atoms with E-state index in [2.05, 4.69) is 5.32 Å². The number of rotatable bonds is 6. The Kier molecular flexibility index (Phi) is 5.33. The fourth-order valence-electron chi connectivity index (χ4n) is 1.22. The van der Waals surface area contributed by atoms with Gasteiger partial charge in [0.1, 0.15) is 10.7 Å². The average molecular weight is 297 g/mol. The van der Waals surface area contributed by atoms with Gasteiger partial charge in [-0.15, -0.1) is 11.6 Å². The lowest BCUT2D eigenvalue weighted by molar-refractivity contribution is 0.211. The monoisotopic (exact) mass is 296 g/mol. The number of anilines is 1. The van der Waals surface area contributed by atoms with Crippen LogP contribution in [0.4, 0.5) is 10.1 Å². The van der Waals surface area contributed by atoms with E-state index in [0.29, 0.717) is 5.69 Å². The third kappa shape index (κ3) is 3.81. The van der Waals surface area contributed by atoms with Gasteiger partial charge >= 0.3 is 0 Å². The van der Waals surface area contributed by atoms with Crippen LogP contribution in [0.15, 0.2) is 23.1 Å². The summed E-state index contributed by atoms with van der Waals surface area (Å²) in [4.78, 5) is -0.449. The zero-order chi connectivity index (χ0) is 13.8. The van der Waals surface area contributed by atoms with Gasteiger partial charge in [0.15, 0.2) is 0 Å². The molecular weight excluding hydrogens is 283 g/mol. The summed E-state index contributed by atoms with van der Waals surface area (Å²) in [5, 5.41) is 12.0. The van der Waals surface area contributed by atoms with Crippen molar-refractivity contribution in [3.05, 3.63) is 24.0 Å². The van der Waals surface area contributed by atoms with Gasteiger partial charge in [0, 0.05) is 12.2 Å². The maximum atomic E-state index is 13.4. The Hall–Kier alpha value is -0.890. The molecule has 8 heteroatoms. The Morgan fingerprint density at radius 2 is 2.17 bits per heavy atom. The number of hydrogen-bond donors (Lipinski definition) is 3. The van der Waals surface area contributed by atoms with Crippen molar-refractivity contribution in [1.82, 2.24) is 4.72 Å². The molecule has 3 N–H and O–H groups in total. The summed E-state index contributed by atoms with van der Waals surface area (Å²) in [6, 6.07) is 3.58. The van der Waals surface area contributed by atoms with E-state index in [4.69, 9.17) is 11.6 Å². The highest BCUT2D eigenvalue weighted by molar-refractivity contribution is 7.89. The van der Waals surface area contributed by atoms with E-state index in [0.717, 1.165) is 12.1 Å². The minimum absolute atomic E-state index is 0.0515. The summed E-state index contributed by atoms with van der Waals surface area (Å²) < 4.78 is 38.5. The van der Waals surface area contributed by atoms with Crippen LogP contribution >= 0.6 is 11.6 Å². The van der Waals surface area contributed by atoms with Gasteiger partial charge in [0.25, 0.3) is 0 Å². The lowest BCUT2D eigenvalue weighted by Gasteiger charge is -2.11. The predicted molar refractivity (Wildman–Crippen MR) is 67.9 cm³/mol. The van der Waals surface area contributed by atoms with Gasteiger partial charge in [-0.1, -0.05) is 0 Å². The van der Waals surface area contributed by atoms with Crippen molar-refractivity contribution in [2.75, 3.05) is 24.8 Å². The Bertz CT molecular complexity index is 510. The van der Waals surface area contributed by atoms with Crippen LogP contribution in [0.3, 0.4) is 0 Å². The summed E-state index contributed by atoms with van der Waals surface area (Å²) >= 11 is 5.41. The number of benzene rings is 1. The zero-order valence-electron chi connectivity index (χ0n) is 9.65. The zero-order valence-corrected chi connectivity index (χ0v) is 11.2. The van der Waals surface area contributed by atoms with Gasteiger partial charge in [0.05, 0.1) is 12.0 Å². The van der Waals surface area contributed by atoms with Gasteiger partial charge in [-0.25, -0.2) is 17.5 Å². The summed E-state index contributed by atoms with van der Waals surface area (Å²) in [6.45, 7) is 0.147. The molecule has 1 aromatic carbocycles. The quantitative estimate of drug-likeness (QED) is 0.677. The summed E-state index contributed by atoms with van der Waals surface area (Å²) in [5.74, 6) is -0.789. The van der Waals surface area contributed by atoms with Gasteiger partial charge in [0.2, 0.25) is 10.0 Å². The summed E-state index contributed by atoms with van der Waals surface area (Å²) in [5.41, 5.74) is 0.384. The highest BCUT2D eigenvalue weighted by atomic mass is 35.5. The maximum absolute atomic E-state index is 13.4. The van der Waals surface area contributed by atoms with Crippen molar-refractivity contribution in [2.24, 2.45) is 0 Å². The molecule has 0 radical (unpaired) electrons. The minimum Gasteiger partial charge on any atom is -0.390 e. The fraction of sp³-hybridized carbons (Fsp3) is 0.400. The fourth-order valence-corrected chi connectivity index (χ4v) is 2.16. The van der Waals surface area contributed by atoms with E-state index >= 15 is 0 Å². The molecule has 0 aliphatic carbocycles. The normalized spacial score (nSPS) is 13.3. The molecule has 0 aliphatic rings.